The van der Waals surface area contributed by atoms with Crippen molar-refractivity contribution in [2.24, 2.45) is 0 Å². The topological polar surface area (TPSA) is 67.0 Å². The van der Waals surface area contributed by atoms with Crippen LogP contribution in [0.25, 0.3) is 22.6 Å². The number of halogens is 2. The maximum Gasteiger partial charge on any atom is 0.407 e. The fraction of sp³-hybridized carbons (Fsp3) is 0.238. The molecule has 5 nitrogen and oxygen atoms in total. The molecule has 28 heavy (non-hydrogen) atoms. The maximum atomic E-state index is 11.7. The Kier molecular flexibility index (Phi) is 5.96. The number of H-pyrrole nitrogens is 1. The van der Waals surface area contributed by atoms with Gasteiger partial charge in [-0.25, -0.2) is 9.78 Å². The number of amides is 1. The minimum Gasteiger partial charge on any atom is -0.444 e. The van der Waals surface area contributed by atoms with Gasteiger partial charge < -0.3 is 15.0 Å². The molecule has 3 rings (SSSR count). The lowest BCUT2D eigenvalue weighted by atomic mass is 10.1. The molecule has 0 bridgehead atoms. The number of imidazole rings is 1. The third kappa shape index (κ3) is 5.27. The van der Waals surface area contributed by atoms with E-state index in [0.717, 1.165) is 28.2 Å². The number of hydrogen-bond acceptors (Lipinski definition) is 3. The van der Waals surface area contributed by atoms with Gasteiger partial charge in [-0.3, -0.25) is 0 Å². The lowest BCUT2D eigenvalue weighted by molar-refractivity contribution is 0.0523. The summed E-state index contributed by atoms with van der Waals surface area (Å²) < 4.78 is 5.23. The maximum absolute atomic E-state index is 11.7. The quantitative estimate of drug-likeness (QED) is 0.540. The highest BCUT2D eigenvalue weighted by Gasteiger charge is 2.15. The van der Waals surface area contributed by atoms with Gasteiger partial charge in [0.05, 0.1) is 16.9 Å². The van der Waals surface area contributed by atoms with Crippen molar-refractivity contribution in [1.82, 2.24) is 15.3 Å². The second-order valence-corrected chi connectivity index (χ2v) is 8.17. The summed E-state index contributed by atoms with van der Waals surface area (Å²) in [6, 6.07) is 13.1. The lowest BCUT2D eigenvalue weighted by Gasteiger charge is -2.19. The molecule has 0 saturated carbocycles. The number of ether oxygens (including phenoxy) is 1. The van der Waals surface area contributed by atoms with Crippen LogP contribution in [0.15, 0.2) is 48.7 Å². The van der Waals surface area contributed by atoms with Crippen LogP contribution in [0.2, 0.25) is 10.0 Å². The molecular weight excluding hydrogens is 397 g/mol. The van der Waals surface area contributed by atoms with Crippen molar-refractivity contribution in [3.05, 3.63) is 64.3 Å². The predicted octanol–water partition coefficient (Wildman–Crippen LogP) is 6.08. The highest BCUT2D eigenvalue weighted by atomic mass is 35.5. The van der Waals surface area contributed by atoms with Crippen LogP contribution in [0.4, 0.5) is 4.79 Å². The zero-order valence-corrected chi connectivity index (χ0v) is 17.4. The average Bonchev–Trinajstić information content (AvgIpc) is 3.09. The number of aromatic nitrogens is 2. The molecule has 0 radical (unpaired) electrons. The van der Waals surface area contributed by atoms with Gasteiger partial charge in [0.1, 0.15) is 11.4 Å². The van der Waals surface area contributed by atoms with Gasteiger partial charge in [-0.15, -0.1) is 0 Å². The van der Waals surface area contributed by atoms with Gasteiger partial charge in [0, 0.05) is 22.7 Å². The molecule has 0 aliphatic rings. The molecule has 2 aromatic carbocycles. The predicted molar refractivity (Wildman–Crippen MR) is 113 cm³/mol. The minimum absolute atomic E-state index is 0.388. The van der Waals surface area contributed by atoms with Gasteiger partial charge in [0.2, 0.25) is 0 Å². The third-order valence-corrected chi connectivity index (χ3v) is 4.41. The summed E-state index contributed by atoms with van der Waals surface area (Å²) in [7, 11) is 0. The molecule has 0 saturated heterocycles. The Bertz CT molecular complexity index is 976. The van der Waals surface area contributed by atoms with Crippen LogP contribution in [0.1, 0.15) is 26.3 Å². The number of benzene rings is 2. The largest absolute Gasteiger partial charge is 0.444 e. The summed E-state index contributed by atoms with van der Waals surface area (Å²) in [6.45, 7) is 5.88. The number of hydrogen-bond donors (Lipinski definition) is 2. The van der Waals surface area contributed by atoms with Crippen LogP contribution in [0.5, 0.6) is 0 Å². The molecule has 1 aromatic heterocycles. The Labute approximate surface area is 174 Å². The molecule has 1 heterocycles. The van der Waals surface area contributed by atoms with Gasteiger partial charge in [-0.2, -0.15) is 0 Å². The molecule has 1 amide bonds. The molecule has 0 aliphatic heterocycles. The number of nitrogens with one attached hydrogen (secondary N) is 2. The fourth-order valence-corrected chi connectivity index (χ4v) is 3.09. The zero-order chi connectivity index (χ0) is 20.3. The Morgan fingerprint density at radius 1 is 1.14 bits per heavy atom. The Balaban J connectivity index is 1.67. The second kappa shape index (κ2) is 8.25. The summed E-state index contributed by atoms with van der Waals surface area (Å²) in [6.07, 6.45) is 1.30. The molecule has 7 heteroatoms. The first-order valence-corrected chi connectivity index (χ1v) is 9.53. The molecule has 3 aromatic rings. The van der Waals surface area contributed by atoms with Gasteiger partial charge in [0.25, 0.3) is 0 Å². The van der Waals surface area contributed by atoms with Gasteiger partial charge >= 0.3 is 6.09 Å². The number of aromatic amines is 1. The first kappa shape index (κ1) is 20.2. The summed E-state index contributed by atoms with van der Waals surface area (Å²) in [5.74, 6) is 0.729. The van der Waals surface area contributed by atoms with Gasteiger partial charge in [0.15, 0.2) is 0 Å². The van der Waals surface area contributed by atoms with Crippen molar-refractivity contribution in [2.45, 2.75) is 32.9 Å². The molecule has 0 aliphatic carbocycles. The van der Waals surface area contributed by atoms with E-state index in [9.17, 15) is 4.79 Å². The molecule has 0 unspecified atom stereocenters. The van der Waals surface area contributed by atoms with Crippen molar-refractivity contribution in [2.75, 3.05) is 0 Å². The molecule has 0 atom stereocenters. The number of rotatable bonds is 4. The van der Waals surface area contributed by atoms with E-state index in [1.165, 1.54) is 0 Å². The van der Waals surface area contributed by atoms with Gasteiger partial charge in [-0.05, 0) is 44.5 Å². The normalized spacial score (nSPS) is 11.3. The standard InChI is InChI=1S/C21H21Cl2N3O2/c1-21(2,3)28-20(27)25-11-13-4-6-14(7-5-13)19-24-12-18(26-19)16-9-8-15(22)10-17(16)23/h4-10,12H,11H2,1-3H3,(H,24,26)(H,25,27). The number of nitrogens with zero attached hydrogens (tertiary/aromatic N) is 1. The molecule has 0 fully saturated rings. The molecule has 0 spiro atoms. The average molecular weight is 418 g/mol. The molecular formula is C21H21Cl2N3O2. The van der Waals surface area contributed by atoms with E-state index in [-0.39, 0.29) is 0 Å². The van der Waals surface area contributed by atoms with E-state index in [1.807, 2.05) is 51.1 Å². The fourth-order valence-electron chi connectivity index (χ4n) is 2.58. The van der Waals surface area contributed by atoms with Crippen LogP contribution in [-0.2, 0) is 11.3 Å². The van der Waals surface area contributed by atoms with Crippen molar-refractivity contribution >= 4 is 29.3 Å². The molecule has 146 valence electrons. The Morgan fingerprint density at radius 3 is 2.50 bits per heavy atom. The Morgan fingerprint density at radius 2 is 1.86 bits per heavy atom. The van der Waals surface area contributed by atoms with Crippen molar-refractivity contribution in [3.8, 4) is 22.6 Å². The number of carbonyl (C=O) groups excluding carboxylic acids is 1. The SMILES string of the molecule is CC(C)(C)OC(=O)NCc1ccc(-c2ncc(-c3ccc(Cl)cc3Cl)[nH]2)cc1. The Hall–Kier alpha value is -2.50. The van der Waals surface area contributed by atoms with Crippen molar-refractivity contribution < 1.29 is 9.53 Å². The van der Waals surface area contributed by atoms with E-state index in [4.69, 9.17) is 27.9 Å². The van der Waals surface area contributed by atoms with E-state index in [0.29, 0.717) is 16.6 Å². The van der Waals surface area contributed by atoms with Crippen molar-refractivity contribution in [3.63, 3.8) is 0 Å². The highest BCUT2D eigenvalue weighted by molar-refractivity contribution is 6.36. The summed E-state index contributed by atoms with van der Waals surface area (Å²) >= 11 is 12.2. The number of carbonyl (C=O) groups is 1. The first-order chi connectivity index (χ1) is 13.2. The smallest absolute Gasteiger partial charge is 0.407 e. The second-order valence-electron chi connectivity index (χ2n) is 7.32. The van der Waals surface area contributed by atoms with E-state index in [2.05, 4.69) is 15.3 Å². The van der Waals surface area contributed by atoms with E-state index >= 15 is 0 Å². The summed E-state index contributed by atoms with van der Waals surface area (Å²) in [4.78, 5) is 19.4. The van der Waals surface area contributed by atoms with Crippen LogP contribution in [-0.4, -0.2) is 21.7 Å². The summed E-state index contributed by atoms with van der Waals surface area (Å²) in [5.41, 5.74) is 3.02. The highest BCUT2D eigenvalue weighted by Crippen LogP contribution is 2.30. The van der Waals surface area contributed by atoms with Gasteiger partial charge in [-0.1, -0.05) is 47.5 Å². The van der Waals surface area contributed by atoms with Crippen LogP contribution >= 0.6 is 23.2 Å². The van der Waals surface area contributed by atoms with Crippen LogP contribution < -0.4 is 5.32 Å². The van der Waals surface area contributed by atoms with Crippen LogP contribution in [0.3, 0.4) is 0 Å². The van der Waals surface area contributed by atoms with E-state index in [1.54, 1.807) is 18.3 Å². The lowest BCUT2D eigenvalue weighted by Crippen LogP contribution is -2.32. The first-order valence-electron chi connectivity index (χ1n) is 8.78. The van der Waals surface area contributed by atoms with Crippen molar-refractivity contribution in [1.29, 1.82) is 0 Å². The minimum atomic E-state index is -0.516. The number of alkyl carbamates (subject to hydrolysis) is 1. The van der Waals surface area contributed by atoms with Crippen LogP contribution in [0, 0.1) is 0 Å². The van der Waals surface area contributed by atoms with E-state index < -0.39 is 11.7 Å². The monoisotopic (exact) mass is 417 g/mol. The summed E-state index contributed by atoms with van der Waals surface area (Å²) in [5, 5.41) is 3.89. The zero-order valence-electron chi connectivity index (χ0n) is 15.8. The molecule has 2 N–H and O–H groups in total. The third-order valence-electron chi connectivity index (χ3n) is 3.86.